The molecule has 1 fully saturated rings. The number of carboxylic acid groups (broad SMARTS) is 1. The number of carbonyl (C=O) groups excluding carboxylic acids is 3. The van der Waals surface area contributed by atoms with Crippen LogP contribution in [0.4, 0.5) is 0 Å². The Hall–Kier alpha value is -2.41. The van der Waals surface area contributed by atoms with E-state index in [2.05, 4.69) is 5.32 Å². The lowest BCUT2D eigenvalue weighted by Crippen LogP contribution is -2.46. The molecule has 2 atom stereocenters. The minimum Gasteiger partial charge on any atom is -0.481 e. The molecule has 25 heavy (non-hydrogen) atoms. The van der Waals surface area contributed by atoms with Crippen molar-refractivity contribution in [2.75, 3.05) is 6.54 Å². The van der Waals surface area contributed by atoms with Crippen molar-refractivity contribution in [1.82, 2.24) is 10.2 Å². The van der Waals surface area contributed by atoms with Crippen molar-refractivity contribution in [2.24, 2.45) is 5.92 Å². The van der Waals surface area contributed by atoms with E-state index in [0.29, 0.717) is 10.6 Å². The first-order chi connectivity index (χ1) is 11.8. The monoisotopic (exact) mass is 366 g/mol. The summed E-state index contributed by atoms with van der Waals surface area (Å²) in [6, 6.07) is 5.57. The molecule has 134 valence electrons. The summed E-state index contributed by atoms with van der Waals surface area (Å²) in [6.45, 7) is 1.48. The molecule has 0 aromatic heterocycles. The van der Waals surface area contributed by atoms with Gasteiger partial charge in [-0.25, -0.2) is 0 Å². The van der Waals surface area contributed by atoms with Gasteiger partial charge in [-0.3, -0.25) is 24.1 Å². The fourth-order valence-corrected chi connectivity index (χ4v) is 2.75. The van der Waals surface area contributed by atoms with Gasteiger partial charge in [-0.05, 0) is 30.7 Å². The molecule has 2 N–H and O–H groups in total. The molecule has 0 bridgehead atoms. The van der Waals surface area contributed by atoms with Gasteiger partial charge in [0, 0.05) is 36.0 Å². The molecule has 2 rings (SSSR count). The van der Waals surface area contributed by atoms with Gasteiger partial charge in [-0.15, -0.1) is 0 Å². The van der Waals surface area contributed by atoms with Gasteiger partial charge in [0.25, 0.3) is 5.91 Å². The number of halogens is 1. The van der Waals surface area contributed by atoms with Crippen molar-refractivity contribution in [3.63, 3.8) is 0 Å². The Balaban J connectivity index is 2.11. The molecule has 0 radical (unpaired) electrons. The Morgan fingerprint density at radius 2 is 1.76 bits per heavy atom. The number of hydrogen-bond donors (Lipinski definition) is 2. The Kier molecular flexibility index (Phi) is 6.14. The molecule has 0 saturated carbocycles. The smallest absolute Gasteiger partial charge is 0.306 e. The molecule has 0 spiro atoms. The van der Waals surface area contributed by atoms with E-state index in [1.165, 1.54) is 6.92 Å². The molecule has 1 heterocycles. The average molecular weight is 367 g/mol. The second kappa shape index (κ2) is 8.11. The molecule has 1 aliphatic heterocycles. The van der Waals surface area contributed by atoms with Gasteiger partial charge in [0.2, 0.25) is 11.8 Å². The van der Waals surface area contributed by atoms with E-state index in [9.17, 15) is 19.2 Å². The van der Waals surface area contributed by atoms with Gasteiger partial charge in [-0.1, -0.05) is 18.5 Å². The van der Waals surface area contributed by atoms with Crippen LogP contribution in [0.1, 0.15) is 36.5 Å². The lowest BCUT2D eigenvalue weighted by molar-refractivity contribution is -0.141. The molecule has 0 unspecified atom stereocenters. The number of nitrogens with zero attached hydrogens (tertiary/aromatic N) is 1. The number of nitrogens with one attached hydrogen (secondary N) is 1. The maximum absolute atomic E-state index is 12.4. The minimum absolute atomic E-state index is 0.0331. The number of aliphatic carboxylic acids is 1. The van der Waals surface area contributed by atoms with Crippen LogP contribution in [0.15, 0.2) is 24.3 Å². The fourth-order valence-electron chi connectivity index (χ4n) is 2.62. The number of rotatable bonds is 7. The van der Waals surface area contributed by atoms with Gasteiger partial charge in [-0.2, -0.15) is 0 Å². The number of hydrogen-bond acceptors (Lipinski definition) is 4. The zero-order chi connectivity index (χ0) is 18.6. The third-order valence-corrected chi connectivity index (χ3v) is 4.31. The second-order valence-corrected chi connectivity index (χ2v) is 6.49. The first-order valence-corrected chi connectivity index (χ1v) is 8.28. The summed E-state index contributed by atoms with van der Waals surface area (Å²) in [7, 11) is 0. The van der Waals surface area contributed by atoms with E-state index in [4.69, 9.17) is 16.7 Å². The molecule has 1 aliphatic rings. The zero-order valence-corrected chi connectivity index (χ0v) is 14.5. The number of imide groups is 1. The molecule has 1 aromatic carbocycles. The molecule has 1 saturated heterocycles. The average Bonchev–Trinajstić information content (AvgIpc) is 2.87. The van der Waals surface area contributed by atoms with Crippen molar-refractivity contribution >= 4 is 35.3 Å². The number of amides is 3. The molecule has 7 nitrogen and oxygen atoms in total. The number of benzene rings is 1. The van der Waals surface area contributed by atoms with Crippen LogP contribution in [0.3, 0.4) is 0 Å². The Morgan fingerprint density at radius 1 is 1.20 bits per heavy atom. The zero-order valence-electron chi connectivity index (χ0n) is 13.7. The van der Waals surface area contributed by atoms with Crippen LogP contribution in [0.25, 0.3) is 0 Å². The minimum atomic E-state index is -1.01. The summed E-state index contributed by atoms with van der Waals surface area (Å²) in [5.74, 6) is -2.77. The van der Waals surface area contributed by atoms with E-state index < -0.39 is 23.8 Å². The van der Waals surface area contributed by atoms with E-state index >= 15 is 0 Å². The summed E-state index contributed by atoms with van der Waals surface area (Å²) in [5.41, 5.74) is 0.358. The van der Waals surface area contributed by atoms with Gasteiger partial charge >= 0.3 is 5.97 Å². The standard InChI is InChI=1S/C17H19ClN2O5/c1-10(17(24)25)8-13(9-20-14(21)6-7-15(20)22)19-16(23)11-2-4-12(18)5-3-11/h2-5,10,13H,6-9H2,1H3,(H,19,23)(H,24,25)/t10-,13-/m0/s1. The predicted molar refractivity (Wildman–Crippen MR) is 90.1 cm³/mol. The van der Waals surface area contributed by atoms with Crippen LogP contribution in [0.2, 0.25) is 5.02 Å². The summed E-state index contributed by atoms with van der Waals surface area (Å²) < 4.78 is 0. The van der Waals surface area contributed by atoms with Crippen LogP contribution in [-0.4, -0.2) is 46.3 Å². The number of carbonyl (C=O) groups is 4. The molecular formula is C17H19ClN2O5. The van der Waals surface area contributed by atoms with Gasteiger partial charge in [0.1, 0.15) is 0 Å². The highest BCUT2D eigenvalue weighted by Crippen LogP contribution is 2.16. The lowest BCUT2D eigenvalue weighted by atomic mass is 10.0. The summed E-state index contributed by atoms with van der Waals surface area (Å²) >= 11 is 5.79. The van der Waals surface area contributed by atoms with Crippen molar-refractivity contribution in [2.45, 2.75) is 32.2 Å². The highest BCUT2D eigenvalue weighted by Gasteiger charge is 2.32. The van der Waals surface area contributed by atoms with E-state index in [1.54, 1.807) is 24.3 Å². The van der Waals surface area contributed by atoms with Crippen LogP contribution >= 0.6 is 11.6 Å². The molecular weight excluding hydrogens is 348 g/mol. The topological polar surface area (TPSA) is 104 Å². The van der Waals surface area contributed by atoms with Crippen LogP contribution < -0.4 is 5.32 Å². The lowest BCUT2D eigenvalue weighted by Gasteiger charge is -2.25. The summed E-state index contributed by atoms with van der Waals surface area (Å²) in [4.78, 5) is 48.2. The molecule has 8 heteroatoms. The Morgan fingerprint density at radius 3 is 2.28 bits per heavy atom. The van der Waals surface area contributed by atoms with Crippen LogP contribution in [0, 0.1) is 5.92 Å². The van der Waals surface area contributed by atoms with Crippen molar-refractivity contribution in [3.05, 3.63) is 34.9 Å². The maximum Gasteiger partial charge on any atom is 0.306 e. The summed E-state index contributed by atoms with van der Waals surface area (Å²) in [5, 5.41) is 12.3. The van der Waals surface area contributed by atoms with Crippen LogP contribution in [0.5, 0.6) is 0 Å². The predicted octanol–water partition coefficient (Wildman–Crippen LogP) is 1.70. The highest BCUT2D eigenvalue weighted by molar-refractivity contribution is 6.30. The van der Waals surface area contributed by atoms with E-state index in [1.807, 2.05) is 0 Å². The third-order valence-electron chi connectivity index (χ3n) is 4.06. The highest BCUT2D eigenvalue weighted by atomic mass is 35.5. The Labute approximate surface area is 149 Å². The third kappa shape index (κ3) is 5.03. The van der Waals surface area contributed by atoms with Gasteiger partial charge in [0.15, 0.2) is 0 Å². The first-order valence-electron chi connectivity index (χ1n) is 7.90. The molecule has 1 aromatic rings. The van der Waals surface area contributed by atoms with Crippen molar-refractivity contribution in [3.8, 4) is 0 Å². The van der Waals surface area contributed by atoms with Crippen LogP contribution in [-0.2, 0) is 14.4 Å². The van der Waals surface area contributed by atoms with Crippen molar-refractivity contribution in [1.29, 1.82) is 0 Å². The van der Waals surface area contributed by atoms with Gasteiger partial charge in [0.05, 0.1) is 5.92 Å². The van der Waals surface area contributed by atoms with Gasteiger partial charge < -0.3 is 10.4 Å². The normalized spacial score (nSPS) is 16.6. The first kappa shape index (κ1) is 18.9. The van der Waals surface area contributed by atoms with E-state index in [0.717, 1.165) is 4.90 Å². The largest absolute Gasteiger partial charge is 0.481 e. The SMILES string of the molecule is C[C@@H](C[C@@H](CN1C(=O)CCC1=O)NC(=O)c1ccc(Cl)cc1)C(=O)O. The number of carboxylic acids is 1. The molecule has 0 aliphatic carbocycles. The molecule has 3 amide bonds. The number of likely N-dealkylation sites (tertiary alicyclic amines) is 1. The fraction of sp³-hybridized carbons (Fsp3) is 0.412. The Bertz CT molecular complexity index is 673. The quantitative estimate of drug-likeness (QED) is 0.715. The van der Waals surface area contributed by atoms with Crippen molar-refractivity contribution < 1.29 is 24.3 Å². The summed E-state index contributed by atoms with van der Waals surface area (Å²) in [6.07, 6.45) is 0.391. The second-order valence-electron chi connectivity index (χ2n) is 6.05. The maximum atomic E-state index is 12.4. The van der Waals surface area contributed by atoms with E-state index in [-0.39, 0.29) is 37.6 Å².